The van der Waals surface area contributed by atoms with Gasteiger partial charge >= 0.3 is 0 Å². The van der Waals surface area contributed by atoms with E-state index in [-0.39, 0.29) is 11.8 Å². The fourth-order valence-electron chi connectivity index (χ4n) is 2.88. The number of benzene rings is 2. The van der Waals surface area contributed by atoms with Gasteiger partial charge in [0.15, 0.2) is 0 Å². The summed E-state index contributed by atoms with van der Waals surface area (Å²) in [5.74, 6) is -0.0358. The molecular weight excluding hydrogens is 324 g/mol. The topological polar surface area (TPSA) is 49.4 Å². The number of carbonyl (C=O) groups excluding carboxylic acids is 2. The van der Waals surface area contributed by atoms with Gasteiger partial charge in [0.2, 0.25) is 5.91 Å². The molecule has 1 aliphatic rings. The van der Waals surface area contributed by atoms with Gasteiger partial charge in [-0.1, -0.05) is 29.8 Å². The Balaban J connectivity index is 1.45. The minimum absolute atomic E-state index is 0.112. The average molecular weight is 343 g/mol. The summed E-state index contributed by atoms with van der Waals surface area (Å²) >= 11 is 5.80. The summed E-state index contributed by atoms with van der Waals surface area (Å²) in [6.07, 6.45) is 1.96. The first-order valence-corrected chi connectivity index (χ1v) is 8.45. The van der Waals surface area contributed by atoms with Crippen molar-refractivity contribution in [2.24, 2.45) is 0 Å². The SMILES string of the molecule is O=C(NCCCC(=O)N1CCc2ccccc21)c1ccc(Cl)cc1. The molecule has 0 atom stereocenters. The van der Waals surface area contributed by atoms with Crippen molar-refractivity contribution in [3.8, 4) is 0 Å². The number of nitrogens with zero attached hydrogens (tertiary/aromatic N) is 1. The number of rotatable bonds is 5. The lowest BCUT2D eigenvalue weighted by molar-refractivity contribution is -0.118. The molecule has 1 heterocycles. The van der Waals surface area contributed by atoms with E-state index in [1.54, 1.807) is 24.3 Å². The third-order valence-electron chi connectivity index (χ3n) is 4.15. The largest absolute Gasteiger partial charge is 0.352 e. The molecule has 0 aliphatic carbocycles. The van der Waals surface area contributed by atoms with Crippen LogP contribution in [-0.4, -0.2) is 24.9 Å². The maximum atomic E-state index is 12.4. The van der Waals surface area contributed by atoms with Crippen LogP contribution in [0.15, 0.2) is 48.5 Å². The molecule has 0 radical (unpaired) electrons. The Bertz CT molecular complexity index is 743. The zero-order chi connectivity index (χ0) is 16.9. The third-order valence-corrected chi connectivity index (χ3v) is 4.40. The quantitative estimate of drug-likeness (QED) is 0.846. The van der Waals surface area contributed by atoms with Crippen molar-refractivity contribution in [3.05, 3.63) is 64.7 Å². The normalized spacial score (nSPS) is 12.8. The van der Waals surface area contributed by atoms with Crippen molar-refractivity contribution < 1.29 is 9.59 Å². The van der Waals surface area contributed by atoms with E-state index in [1.165, 1.54) is 5.56 Å². The fraction of sp³-hybridized carbons (Fsp3) is 0.263. The van der Waals surface area contributed by atoms with E-state index in [1.807, 2.05) is 23.1 Å². The second-order valence-corrected chi connectivity index (χ2v) is 6.23. The minimum atomic E-state index is -0.148. The van der Waals surface area contributed by atoms with Crippen LogP contribution >= 0.6 is 11.6 Å². The van der Waals surface area contributed by atoms with Gasteiger partial charge in [0.05, 0.1) is 0 Å². The summed E-state index contributed by atoms with van der Waals surface area (Å²) in [6, 6.07) is 14.7. The zero-order valence-corrected chi connectivity index (χ0v) is 14.1. The van der Waals surface area contributed by atoms with Crippen molar-refractivity contribution in [1.82, 2.24) is 5.32 Å². The molecule has 0 bridgehead atoms. The minimum Gasteiger partial charge on any atom is -0.352 e. The van der Waals surface area contributed by atoms with Crippen LogP contribution in [0.25, 0.3) is 0 Å². The Hall–Kier alpha value is -2.33. The zero-order valence-electron chi connectivity index (χ0n) is 13.3. The highest BCUT2D eigenvalue weighted by molar-refractivity contribution is 6.30. The number of halogens is 1. The summed E-state index contributed by atoms with van der Waals surface area (Å²) in [4.78, 5) is 26.2. The highest BCUT2D eigenvalue weighted by Gasteiger charge is 2.23. The van der Waals surface area contributed by atoms with Gasteiger partial charge in [-0.15, -0.1) is 0 Å². The average Bonchev–Trinajstić information content (AvgIpc) is 3.03. The number of fused-ring (bicyclic) bond motifs is 1. The van der Waals surface area contributed by atoms with Crippen LogP contribution in [0.5, 0.6) is 0 Å². The molecule has 3 rings (SSSR count). The van der Waals surface area contributed by atoms with Gasteiger partial charge in [0.1, 0.15) is 0 Å². The van der Waals surface area contributed by atoms with Crippen molar-refractivity contribution in [2.45, 2.75) is 19.3 Å². The van der Waals surface area contributed by atoms with Crippen LogP contribution in [-0.2, 0) is 11.2 Å². The molecule has 2 aromatic rings. The molecule has 0 unspecified atom stereocenters. The Labute approximate surface area is 146 Å². The third kappa shape index (κ3) is 3.77. The van der Waals surface area contributed by atoms with Gasteiger partial charge in [-0.05, 0) is 48.7 Å². The molecule has 4 nitrogen and oxygen atoms in total. The summed E-state index contributed by atoms with van der Waals surface area (Å²) in [7, 11) is 0. The molecule has 2 amide bonds. The fourth-order valence-corrected chi connectivity index (χ4v) is 3.00. The second-order valence-electron chi connectivity index (χ2n) is 5.79. The predicted molar refractivity (Wildman–Crippen MR) is 95.5 cm³/mol. The van der Waals surface area contributed by atoms with Crippen LogP contribution in [0.3, 0.4) is 0 Å². The van der Waals surface area contributed by atoms with E-state index in [2.05, 4.69) is 11.4 Å². The monoisotopic (exact) mass is 342 g/mol. The number of hydrogen-bond acceptors (Lipinski definition) is 2. The van der Waals surface area contributed by atoms with Crippen molar-refractivity contribution >= 4 is 29.1 Å². The molecule has 24 heavy (non-hydrogen) atoms. The molecule has 0 aromatic heterocycles. The lowest BCUT2D eigenvalue weighted by Gasteiger charge is -2.17. The molecule has 1 aliphatic heterocycles. The number of para-hydroxylation sites is 1. The van der Waals surface area contributed by atoms with E-state index in [0.29, 0.717) is 30.0 Å². The van der Waals surface area contributed by atoms with Crippen LogP contribution < -0.4 is 10.2 Å². The molecular formula is C19H19ClN2O2. The molecule has 2 aromatic carbocycles. The smallest absolute Gasteiger partial charge is 0.251 e. The van der Waals surface area contributed by atoms with E-state index < -0.39 is 0 Å². The van der Waals surface area contributed by atoms with E-state index in [4.69, 9.17) is 11.6 Å². The second kappa shape index (κ2) is 7.49. The standard InChI is InChI=1S/C19H19ClN2O2/c20-16-9-7-15(8-10-16)19(24)21-12-3-6-18(23)22-13-11-14-4-1-2-5-17(14)22/h1-2,4-5,7-10H,3,6,11-13H2,(H,21,24). The van der Waals surface area contributed by atoms with Crippen LogP contribution in [0, 0.1) is 0 Å². The maximum absolute atomic E-state index is 12.4. The molecule has 1 N–H and O–H groups in total. The van der Waals surface area contributed by atoms with E-state index in [0.717, 1.165) is 18.7 Å². The van der Waals surface area contributed by atoms with Crippen molar-refractivity contribution in [1.29, 1.82) is 0 Å². The number of amides is 2. The number of hydrogen-bond donors (Lipinski definition) is 1. The van der Waals surface area contributed by atoms with Gasteiger partial charge in [-0.2, -0.15) is 0 Å². The van der Waals surface area contributed by atoms with Crippen molar-refractivity contribution in [3.63, 3.8) is 0 Å². The van der Waals surface area contributed by atoms with E-state index in [9.17, 15) is 9.59 Å². The van der Waals surface area contributed by atoms with Gasteiger partial charge in [0, 0.05) is 35.8 Å². The Morgan fingerprint density at radius 3 is 2.62 bits per heavy atom. The first-order chi connectivity index (χ1) is 11.6. The first kappa shape index (κ1) is 16.5. The lowest BCUT2D eigenvalue weighted by atomic mass is 10.2. The van der Waals surface area contributed by atoms with Gasteiger partial charge < -0.3 is 10.2 Å². The Kier molecular flexibility index (Phi) is 5.16. The highest BCUT2D eigenvalue weighted by Crippen LogP contribution is 2.27. The molecule has 0 fully saturated rings. The van der Waals surface area contributed by atoms with Crippen LogP contribution in [0.2, 0.25) is 5.02 Å². The maximum Gasteiger partial charge on any atom is 0.251 e. The van der Waals surface area contributed by atoms with Crippen LogP contribution in [0.4, 0.5) is 5.69 Å². The molecule has 5 heteroatoms. The molecule has 0 saturated carbocycles. The summed E-state index contributed by atoms with van der Waals surface area (Å²) in [6.45, 7) is 1.22. The molecule has 124 valence electrons. The van der Waals surface area contributed by atoms with Gasteiger partial charge in [0.25, 0.3) is 5.91 Å². The molecule has 0 spiro atoms. The summed E-state index contributed by atoms with van der Waals surface area (Å²) in [5, 5.41) is 3.43. The lowest BCUT2D eigenvalue weighted by Crippen LogP contribution is -2.30. The van der Waals surface area contributed by atoms with Crippen molar-refractivity contribution in [2.75, 3.05) is 18.0 Å². The van der Waals surface area contributed by atoms with Gasteiger partial charge in [-0.3, -0.25) is 9.59 Å². The van der Waals surface area contributed by atoms with Crippen LogP contribution in [0.1, 0.15) is 28.8 Å². The first-order valence-electron chi connectivity index (χ1n) is 8.07. The summed E-state index contributed by atoms with van der Waals surface area (Å²) in [5.41, 5.74) is 2.81. The number of carbonyl (C=O) groups is 2. The summed E-state index contributed by atoms with van der Waals surface area (Å²) < 4.78 is 0. The van der Waals surface area contributed by atoms with Gasteiger partial charge in [-0.25, -0.2) is 0 Å². The molecule has 0 saturated heterocycles. The Morgan fingerprint density at radius 1 is 1.08 bits per heavy atom. The van der Waals surface area contributed by atoms with E-state index >= 15 is 0 Å². The Morgan fingerprint density at radius 2 is 1.83 bits per heavy atom. The predicted octanol–water partition coefficient (Wildman–Crippen LogP) is 3.44. The highest BCUT2D eigenvalue weighted by atomic mass is 35.5. The number of nitrogens with one attached hydrogen (secondary N) is 1. The number of anilines is 1.